The van der Waals surface area contributed by atoms with Gasteiger partial charge in [0.1, 0.15) is 5.52 Å². The van der Waals surface area contributed by atoms with Crippen LogP contribution in [0.5, 0.6) is 0 Å². The number of H-pyrrole nitrogens is 1. The number of hydrogen-bond donors (Lipinski definition) is 1. The van der Waals surface area contributed by atoms with Gasteiger partial charge in [-0.3, -0.25) is 14.6 Å². The molecule has 1 fully saturated rings. The summed E-state index contributed by atoms with van der Waals surface area (Å²) in [5, 5.41) is 0.802. The average molecular weight is 463 g/mol. The predicted molar refractivity (Wildman–Crippen MR) is 140 cm³/mol. The monoisotopic (exact) mass is 462 g/mol. The number of pyridine rings is 3. The van der Waals surface area contributed by atoms with Crippen molar-refractivity contribution in [2.75, 3.05) is 0 Å². The molecule has 0 saturated heterocycles. The summed E-state index contributed by atoms with van der Waals surface area (Å²) in [6.07, 6.45) is 5.89. The number of benzene rings is 1. The molecule has 4 heterocycles. The summed E-state index contributed by atoms with van der Waals surface area (Å²) < 4.78 is 3.44. The van der Waals surface area contributed by atoms with Gasteiger partial charge in [0.2, 0.25) is 0 Å². The number of nitrogens with one attached hydrogen (secondary N) is 1. The van der Waals surface area contributed by atoms with Gasteiger partial charge in [0.25, 0.3) is 11.1 Å². The second-order valence-corrected chi connectivity index (χ2v) is 9.51. The van der Waals surface area contributed by atoms with E-state index in [1.165, 1.54) is 0 Å². The molecule has 174 valence electrons. The van der Waals surface area contributed by atoms with Gasteiger partial charge in [-0.2, -0.15) is 0 Å². The van der Waals surface area contributed by atoms with Gasteiger partial charge < -0.3 is 14.1 Å². The Labute approximate surface area is 202 Å². The largest absolute Gasteiger partial charge is 0.350 e. The Bertz CT molecular complexity index is 1700. The van der Waals surface area contributed by atoms with E-state index in [1.807, 2.05) is 67.2 Å². The van der Waals surface area contributed by atoms with Gasteiger partial charge in [-0.05, 0) is 56.0 Å². The molecule has 1 saturated carbocycles. The van der Waals surface area contributed by atoms with Crippen LogP contribution < -0.4 is 11.1 Å². The van der Waals surface area contributed by atoms with Crippen LogP contribution in [0.4, 0.5) is 0 Å². The first-order chi connectivity index (χ1) is 16.9. The van der Waals surface area contributed by atoms with E-state index < -0.39 is 0 Å². The van der Waals surface area contributed by atoms with E-state index in [0.717, 1.165) is 63.1 Å². The molecule has 6 heteroatoms. The molecule has 0 unspecified atom stereocenters. The molecule has 1 aliphatic rings. The molecule has 1 aromatic carbocycles. The highest BCUT2D eigenvalue weighted by Gasteiger charge is 2.26. The Kier molecular flexibility index (Phi) is 4.85. The number of aromatic amines is 1. The van der Waals surface area contributed by atoms with E-state index in [2.05, 4.69) is 22.1 Å². The first-order valence-corrected chi connectivity index (χ1v) is 11.9. The highest BCUT2D eigenvalue weighted by atomic mass is 16.1. The first kappa shape index (κ1) is 21.4. The minimum absolute atomic E-state index is 0.0136. The van der Waals surface area contributed by atoms with Crippen LogP contribution >= 0.6 is 0 Å². The summed E-state index contributed by atoms with van der Waals surface area (Å²) in [5.41, 5.74) is 7.77. The molecule has 4 aromatic heterocycles. The highest BCUT2D eigenvalue weighted by Crippen LogP contribution is 2.39. The third kappa shape index (κ3) is 3.71. The molecule has 0 radical (unpaired) electrons. The molecular weight excluding hydrogens is 436 g/mol. The SMILES string of the molecule is Cc1cc(-c2cc3c(-c4cc(=O)n(C5CC5)cc4-c4ccccc4)cn(C)c(=O)c3[nH]2)cc(C)n1. The quantitative estimate of drug-likeness (QED) is 0.390. The lowest BCUT2D eigenvalue weighted by Gasteiger charge is -2.15. The summed E-state index contributed by atoms with van der Waals surface area (Å²) in [4.78, 5) is 34.1. The second kappa shape index (κ2) is 7.94. The number of aromatic nitrogens is 4. The van der Waals surface area contributed by atoms with E-state index >= 15 is 0 Å². The molecule has 1 aliphatic carbocycles. The normalized spacial score (nSPS) is 13.5. The summed E-state index contributed by atoms with van der Waals surface area (Å²) in [6, 6.07) is 18.2. The lowest BCUT2D eigenvalue weighted by Crippen LogP contribution is -2.19. The first-order valence-electron chi connectivity index (χ1n) is 11.9. The fraction of sp³-hybridized carbons (Fsp3) is 0.207. The number of hydrogen-bond acceptors (Lipinski definition) is 3. The lowest BCUT2D eigenvalue weighted by molar-refractivity contribution is 0.709. The average Bonchev–Trinajstić information content (AvgIpc) is 3.58. The van der Waals surface area contributed by atoms with E-state index in [-0.39, 0.29) is 17.2 Å². The maximum atomic E-state index is 13.1. The van der Waals surface area contributed by atoms with Crippen molar-refractivity contribution < 1.29 is 0 Å². The van der Waals surface area contributed by atoms with Crippen LogP contribution in [-0.2, 0) is 7.05 Å². The molecule has 0 aliphatic heterocycles. The Balaban J connectivity index is 1.65. The maximum Gasteiger partial charge on any atom is 0.274 e. The minimum Gasteiger partial charge on any atom is -0.350 e. The standard InChI is InChI=1S/C29H26N4O2/c1-17-11-20(12-18(2)30-17)26-13-23-25(15-32(3)29(35)28(23)31-26)22-14-27(34)33(21-9-10-21)16-24(22)19-7-5-4-6-8-19/h4-8,11-16,21,31H,9-10H2,1-3H3. The fourth-order valence-electron chi connectivity index (χ4n) is 4.95. The Morgan fingerprint density at radius 2 is 1.57 bits per heavy atom. The van der Waals surface area contributed by atoms with Gasteiger partial charge in [-0.1, -0.05) is 30.3 Å². The third-order valence-electron chi connectivity index (χ3n) is 6.75. The van der Waals surface area contributed by atoms with Crippen molar-refractivity contribution in [1.29, 1.82) is 0 Å². The van der Waals surface area contributed by atoms with Crippen molar-refractivity contribution in [2.45, 2.75) is 32.7 Å². The van der Waals surface area contributed by atoms with E-state index in [1.54, 1.807) is 17.7 Å². The van der Waals surface area contributed by atoms with Gasteiger partial charge in [0, 0.05) is 70.7 Å². The molecular formula is C29H26N4O2. The molecule has 0 spiro atoms. The highest BCUT2D eigenvalue weighted by molar-refractivity contribution is 6.00. The van der Waals surface area contributed by atoms with E-state index in [4.69, 9.17) is 0 Å². The number of aryl methyl sites for hydroxylation is 3. The molecule has 0 bridgehead atoms. The maximum absolute atomic E-state index is 13.1. The van der Waals surface area contributed by atoms with Crippen molar-refractivity contribution >= 4 is 10.9 Å². The van der Waals surface area contributed by atoms with E-state index in [9.17, 15) is 9.59 Å². The fourth-order valence-corrected chi connectivity index (χ4v) is 4.95. The van der Waals surface area contributed by atoms with Gasteiger partial charge >= 0.3 is 0 Å². The number of rotatable bonds is 4. The van der Waals surface area contributed by atoms with Crippen molar-refractivity contribution in [1.82, 2.24) is 19.1 Å². The zero-order valence-corrected chi connectivity index (χ0v) is 20.0. The van der Waals surface area contributed by atoms with Crippen LogP contribution in [0.25, 0.3) is 44.4 Å². The summed E-state index contributed by atoms with van der Waals surface area (Å²) in [6.45, 7) is 3.93. The second-order valence-electron chi connectivity index (χ2n) is 9.51. The van der Waals surface area contributed by atoms with Crippen LogP contribution in [0.3, 0.4) is 0 Å². The smallest absolute Gasteiger partial charge is 0.274 e. The van der Waals surface area contributed by atoms with Crippen molar-refractivity contribution in [3.8, 4) is 33.5 Å². The van der Waals surface area contributed by atoms with Crippen LogP contribution in [0.2, 0.25) is 0 Å². The van der Waals surface area contributed by atoms with Gasteiger partial charge in [0.05, 0.1) is 0 Å². The number of nitrogens with zero attached hydrogens (tertiary/aromatic N) is 3. The van der Waals surface area contributed by atoms with Gasteiger partial charge in [-0.15, -0.1) is 0 Å². The molecule has 5 aromatic rings. The van der Waals surface area contributed by atoms with E-state index in [0.29, 0.717) is 5.52 Å². The Morgan fingerprint density at radius 3 is 2.26 bits per heavy atom. The van der Waals surface area contributed by atoms with Gasteiger partial charge in [0.15, 0.2) is 0 Å². The van der Waals surface area contributed by atoms with Crippen LogP contribution in [0.15, 0.2) is 76.6 Å². The Morgan fingerprint density at radius 1 is 0.857 bits per heavy atom. The zero-order chi connectivity index (χ0) is 24.3. The van der Waals surface area contributed by atoms with Crippen molar-refractivity contribution in [3.05, 3.63) is 99.1 Å². The molecule has 35 heavy (non-hydrogen) atoms. The predicted octanol–water partition coefficient (Wildman–Crippen LogP) is 5.38. The van der Waals surface area contributed by atoms with Crippen LogP contribution in [-0.4, -0.2) is 19.1 Å². The molecule has 1 N–H and O–H groups in total. The summed E-state index contributed by atoms with van der Waals surface area (Å²) in [7, 11) is 1.75. The van der Waals surface area contributed by atoms with Gasteiger partial charge in [-0.25, -0.2) is 0 Å². The lowest BCUT2D eigenvalue weighted by atomic mass is 9.95. The van der Waals surface area contributed by atoms with Crippen molar-refractivity contribution in [3.63, 3.8) is 0 Å². The number of fused-ring (bicyclic) bond motifs is 1. The third-order valence-corrected chi connectivity index (χ3v) is 6.75. The zero-order valence-electron chi connectivity index (χ0n) is 20.0. The molecule has 6 rings (SSSR count). The summed E-state index contributed by atoms with van der Waals surface area (Å²) in [5.74, 6) is 0. The minimum atomic E-state index is -0.106. The topological polar surface area (TPSA) is 72.7 Å². The molecule has 0 amide bonds. The van der Waals surface area contributed by atoms with Crippen molar-refractivity contribution in [2.24, 2.45) is 7.05 Å². The molecule has 6 nitrogen and oxygen atoms in total. The van der Waals surface area contributed by atoms with Crippen LogP contribution in [0.1, 0.15) is 30.3 Å². The Hall–Kier alpha value is -4.19. The van der Waals surface area contributed by atoms with Crippen LogP contribution in [0, 0.1) is 13.8 Å². The molecule has 0 atom stereocenters. The summed E-state index contributed by atoms with van der Waals surface area (Å²) >= 11 is 0.